The van der Waals surface area contributed by atoms with Crippen molar-refractivity contribution in [1.82, 2.24) is 15.4 Å². The van der Waals surface area contributed by atoms with Gasteiger partial charge in [0.25, 0.3) is 5.91 Å². The molecule has 0 radical (unpaired) electrons. The van der Waals surface area contributed by atoms with Crippen molar-refractivity contribution in [3.05, 3.63) is 66.1 Å². The molecule has 1 saturated heterocycles. The molecule has 3 aromatic rings. The number of carbonyl (C=O) groups excluding carboxylic acids is 1. The fraction of sp³-hybridized carbons (Fsp3) is 0.300. The highest BCUT2D eigenvalue weighted by Crippen LogP contribution is 2.25. The zero-order valence-electron chi connectivity index (χ0n) is 14.4. The standard InChI is InChI=1S/C20H21N3O3/c24-20(16-13-19(26-22-16)18-9-6-12-25-18)21-14-17(23-10-4-5-11-23)15-7-2-1-3-8-15/h1-3,6-9,12-13,17H,4-5,10-11,14H2,(H,21,24)/t17-/m0/s1. The van der Waals surface area contributed by atoms with Crippen molar-refractivity contribution < 1.29 is 13.7 Å². The summed E-state index contributed by atoms with van der Waals surface area (Å²) in [5.41, 5.74) is 1.47. The minimum absolute atomic E-state index is 0.166. The van der Waals surface area contributed by atoms with E-state index in [1.54, 1.807) is 24.5 Å². The lowest BCUT2D eigenvalue weighted by Gasteiger charge is -2.28. The smallest absolute Gasteiger partial charge is 0.273 e. The van der Waals surface area contributed by atoms with Gasteiger partial charge in [0.2, 0.25) is 5.76 Å². The average molecular weight is 351 g/mol. The lowest BCUT2D eigenvalue weighted by Crippen LogP contribution is -2.36. The topological polar surface area (TPSA) is 71.5 Å². The molecule has 0 spiro atoms. The SMILES string of the molecule is O=C(NC[C@@H](c1ccccc1)N1CCCC1)c1cc(-c2ccco2)on1. The van der Waals surface area contributed by atoms with Crippen molar-refractivity contribution >= 4 is 5.91 Å². The molecule has 1 amide bonds. The summed E-state index contributed by atoms with van der Waals surface area (Å²) in [5, 5.41) is 6.86. The number of benzene rings is 1. The van der Waals surface area contributed by atoms with E-state index in [2.05, 4.69) is 27.5 Å². The molecule has 1 aliphatic rings. The molecule has 2 aromatic heterocycles. The predicted molar refractivity (Wildman–Crippen MR) is 96.5 cm³/mol. The summed E-state index contributed by atoms with van der Waals surface area (Å²) in [4.78, 5) is 14.9. The largest absolute Gasteiger partial charge is 0.461 e. The number of amides is 1. The first-order valence-corrected chi connectivity index (χ1v) is 8.89. The van der Waals surface area contributed by atoms with Gasteiger partial charge in [0.1, 0.15) is 0 Å². The highest BCUT2D eigenvalue weighted by molar-refractivity contribution is 5.92. The van der Waals surface area contributed by atoms with Crippen LogP contribution in [-0.4, -0.2) is 35.6 Å². The molecule has 1 aromatic carbocycles. The van der Waals surface area contributed by atoms with Crippen LogP contribution in [-0.2, 0) is 0 Å². The zero-order chi connectivity index (χ0) is 17.8. The summed E-state index contributed by atoms with van der Waals surface area (Å²) in [6.45, 7) is 2.65. The second-order valence-electron chi connectivity index (χ2n) is 6.43. The normalized spacial score (nSPS) is 15.8. The first kappa shape index (κ1) is 16.6. The maximum atomic E-state index is 12.5. The summed E-state index contributed by atoms with van der Waals surface area (Å²) in [5.74, 6) is 0.752. The molecule has 6 nitrogen and oxygen atoms in total. The molecule has 134 valence electrons. The van der Waals surface area contributed by atoms with Gasteiger partial charge >= 0.3 is 0 Å². The third kappa shape index (κ3) is 3.55. The third-order valence-electron chi connectivity index (χ3n) is 4.73. The fourth-order valence-corrected chi connectivity index (χ4v) is 3.38. The molecular weight excluding hydrogens is 330 g/mol. The Morgan fingerprint density at radius 3 is 2.65 bits per heavy atom. The van der Waals surface area contributed by atoms with Crippen LogP contribution in [0.5, 0.6) is 0 Å². The number of nitrogens with one attached hydrogen (secondary N) is 1. The summed E-state index contributed by atoms with van der Waals surface area (Å²) >= 11 is 0. The van der Waals surface area contributed by atoms with Gasteiger partial charge in [-0.1, -0.05) is 35.5 Å². The molecule has 1 fully saturated rings. The van der Waals surface area contributed by atoms with Crippen molar-refractivity contribution in [3.63, 3.8) is 0 Å². The Balaban J connectivity index is 1.44. The molecule has 0 aliphatic carbocycles. The minimum atomic E-state index is -0.244. The van der Waals surface area contributed by atoms with Gasteiger partial charge in [-0.15, -0.1) is 0 Å². The Bertz CT molecular complexity index is 836. The molecule has 6 heteroatoms. The number of hydrogen-bond donors (Lipinski definition) is 1. The van der Waals surface area contributed by atoms with Crippen molar-refractivity contribution in [2.75, 3.05) is 19.6 Å². The molecular formula is C20H21N3O3. The van der Waals surface area contributed by atoms with Crippen molar-refractivity contribution in [3.8, 4) is 11.5 Å². The summed E-state index contributed by atoms with van der Waals surface area (Å²) in [6.07, 6.45) is 3.96. The van der Waals surface area contributed by atoms with E-state index in [0.717, 1.165) is 13.1 Å². The van der Waals surface area contributed by atoms with E-state index in [-0.39, 0.29) is 17.6 Å². The number of furan rings is 1. The van der Waals surface area contributed by atoms with Gasteiger partial charge in [-0.25, -0.2) is 0 Å². The molecule has 0 unspecified atom stereocenters. The van der Waals surface area contributed by atoms with Crippen LogP contribution >= 0.6 is 0 Å². The number of nitrogens with zero attached hydrogens (tertiary/aromatic N) is 2. The van der Waals surface area contributed by atoms with E-state index >= 15 is 0 Å². The van der Waals surface area contributed by atoms with Gasteiger partial charge in [0.15, 0.2) is 11.5 Å². The Kier molecular flexibility index (Phi) is 4.84. The monoisotopic (exact) mass is 351 g/mol. The number of likely N-dealkylation sites (tertiary alicyclic amines) is 1. The van der Waals surface area contributed by atoms with Crippen molar-refractivity contribution in [1.29, 1.82) is 0 Å². The van der Waals surface area contributed by atoms with Crippen LogP contribution in [0.25, 0.3) is 11.5 Å². The maximum Gasteiger partial charge on any atom is 0.273 e. The van der Waals surface area contributed by atoms with Crippen molar-refractivity contribution in [2.45, 2.75) is 18.9 Å². The van der Waals surface area contributed by atoms with Gasteiger partial charge < -0.3 is 14.3 Å². The molecule has 0 bridgehead atoms. The first-order valence-electron chi connectivity index (χ1n) is 8.89. The maximum absolute atomic E-state index is 12.5. The highest BCUT2D eigenvalue weighted by Gasteiger charge is 2.24. The van der Waals surface area contributed by atoms with E-state index < -0.39 is 0 Å². The highest BCUT2D eigenvalue weighted by atomic mass is 16.5. The first-order chi connectivity index (χ1) is 12.8. The van der Waals surface area contributed by atoms with Crippen LogP contribution in [0.2, 0.25) is 0 Å². The zero-order valence-corrected chi connectivity index (χ0v) is 14.4. The summed E-state index contributed by atoms with van der Waals surface area (Å²) in [7, 11) is 0. The lowest BCUT2D eigenvalue weighted by atomic mass is 10.1. The van der Waals surface area contributed by atoms with Gasteiger partial charge in [-0.05, 0) is 43.6 Å². The van der Waals surface area contributed by atoms with Gasteiger partial charge in [0, 0.05) is 12.6 Å². The molecule has 1 aliphatic heterocycles. The fourth-order valence-electron chi connectivity index (χ4n) is 3.38. The van der Waals surface area contributed by atoms with Crippen LogP contribution < -0.4 is 5.32 Å². The Hall–Kier alpha value is -2.86. The van der Waals surface area contributed by atoms with E-state index in [9.17, 15) is 4.79 Å². The van der Waals surface area contributed by atoms with E-state index in [4.69, 9.17) is 8.94 Å². The second-order valence-corrected chi connectivity index (χ2v) is 6.43. The van der Waals surface area contributed by atoms with Gasteiger partial charge in [0.05, 0.1) is 12.3 Å². The van der Waals surface area contributed by atoms with E-state index in [0.29, 0.717) is 18.1 Å². The van der Waals surface area contributed by atoms with Crippen LogP contribution in [0.4, 0.5) is 0 Å². The molecule has 4 rings (SSSR count). The number of aromatic nitrogens is 1. The number of carbonyl (C=O) groups is 1. The van der Waals surface area contributed by atoms with Gasteiger partial charge in [-0.3, -0.25) is 9.69 Å². The average Bonchev–Trinajstić information content (AvgIpc) is 3.43. The minimum Gasteiger partial charge on any atom is -0.461 e. The van der Waals surface area contributed by atoms with Crippen LogP contribution in [0.3, 0.4) is 0 Å². The van der Waals surface area contributed by atoms with E-state index in [1.165, 1.54) is 18.4 Å². The van der Waals surface area contributed by atoms with Crippen LogP contribution in [0, 0.1) is 0 Å². The second kappa shape index (κ2) is 7.58. The third-order valence-corrected chi connectivity index (χ3v) is 4.73. The van der Waals surface area contributed by atoms with Crippen LogP contribution in [0.15, 0.2) is 63.7 Å². The predicted octanol–water partition coefficient (Wildman–Crippen LogP) is 3.50. The Morgan fingerprint density at radius 1 is 1.12 bits per heavy atom. The Morgan fingerprint density at radius 2 is 1.92 bits per heavy atom. The summed E-state index contributed by atoms with van der Waals surface area (Å²) in [6, 6.07) is 15.6. The number of rotatable bonds is 6. The molecule has 26 heavy (non-hydrogen) atoms. The lowest BCUT2D eigenvalue weighted by molar-refractivity contribution is 0.0929. The molecule has 0 saturated carbocycles. The van der Waals surface area contributed by atoms with Crippen molar-refractivity contribution in [2.24, 2.45) is 0 Å². The molecule has 1 N–H and O–H groups in total. The molecule has 3 heterocycles. The Labute approximate surface area is 151 Å². The summed E-state index contributed by atoms with van der Waals surface area (Å²) < 4.78 is 10.5. The molecule has 1 atom stereocenters. The van der Waals surface area contributed by atoms with Gasteiger partial charge in [-0.2, -0.15) is 0 Å². The van der Waals surface area contributed by atoms with E-state index in [1.807, 2.05) is 18.2 Å². The van der Waals surface area contributed by atoms with Crippen LogP contribution in [0.1, 0.15) is 34.9 Å². The quantitative estimate of drug-likeness (QED) is 0.736. The number of hydrogen-bond acceptors (Lipinski definition) is 5.